The monoisotopic (exact) mass is 421 g/mol. The van der Waals surface area contributed by atoms with Gasteiger partial charge in [0, 0.05) is 24.7 Å². The van der Waals surface area contributed by atoms with Crippen molar-refractivity contribution in [3.8, 4) is 0 Å². The van der Waals surface area contributed by atoms with Crippen molar-refractivity contribution >= 4 is 56.4 Å². The van der Waals surface area contributed by atoms with Crippen LogP contribution in [0.25, 0.3) is 0 Å². The predicted molar refractivity (Wildman–Crippen MR) is 106 cm³/mol. The number of sulfonamides is 1. The second-order valence-electron chi connectivity index (χ2n) is 6.10. The van der Waals surface area contributed by atoms with Crippen LogP contribution in [0.3, 0.4) is 0 Å². The van der Waals surface area contributed by atoms with Gasteiger partial charge in [0.25, 0.3) is 5.91 Å². The number of nitrogens with zero attached hydrogens (tertiary/aromatic N) is 1. The van der Waals surface area contributed by atoms with Crippen LogP contribution < -0.4 is 14.9 Å². The summed E-state index contributed by atoms with van der Waals surface area (Å²) in [6, 6.07) is 10.5. The summed E-state index contributed by atoms with van der Waals surface area (Å²) < 4.78 is 24.7. The zero-order chi connectivity index (χ0) is 20.5. The number of rotatable bonds is 4. The Morgan fingerprint density at radius 2 is 1.64 bits per heavy atom. The fraction of sp³-hybridized carbons (Fsp3) is 0.167. The minimum absolute atomic E-state index is 0.0137. The third kappa shape index (κ3) is 4.15. The molecule has 0 bridgehead atoms. The molecule has 1 saturated heterocycles. The molecule has 2 aromatic carbocycles. The minimum Gasteiger partial charge on any atom is -0.326 e. The Morgan fingerprint density at radius 3 is 2.14 bits per heavy atom. The number of carbonyl (C=O) groups excluding carboxylic acids is 3. The minimum atomic E-state index is -3.71. The number of halogens is 1. The van der Waals surface area contributed by atoms with Gasteiger partial charge >= 0.3 is 0 Å². The molecule has 0 saturated carbocycles. The van der Waals surface area contributed by atoms with Gasteiger partial charge in [-0.05, 0) is 42.5 Å². The van der Waals surface area contributed by atoms with Crippen molar-refractivity contribution in [2.24, 2.45) is 0 Å². The van der Waals surface area contributed by atoms with Crippen LogP contribution in [0.1, 0.15) is 23.7 Å². The van der Waals surface area contributed by atoms with Crippen molar-refractivity contribution in [1.82, 2.24) is 0 Å². The quantitative estimate of drug-likeness (QED) is 0.787. The van der Waals surface area contributed by atoms with Crippen LogP contribution in [0.4, 0.5) is 17.1 Å². The SMILES string of the molecule is CC(=O)Nc1ccc(NC(=O)c2ccc(N3C(=O)CCS3(=O)=O)cc2Cl)cc1. The van der Waals surface area contributed by atoms with E-state index in [1.165, 1.54) is 25.1 Å². The zero-order valence-electron chi connectivity index (χ0n) is 14.7. The summed E-state index contributed by atoms with van der Waals surface area (Å²) in [5.74, 6) is -1.49. The first-order valence-corrected chi connectivity index (χ1v) is 10.2. The molecule has 0 aliphatic carbocycles. The molecule has 0 radical (unpaired) electrons. The number of hydrogen-bond donors (Lipinski definition) is 2. The summed E-state index contributed by atoms with van der Waals surface area (Å²) in [4.78, 5) is 35.3. The molecule has 2 N–H and O–H groups in total. The van der Waals surface area contributed by atoms with Gasteiger partial charge < -0.3 is 10.6 Å². The maximum atomic E-state index is 12.5. The smallest absolute Gasteiger partial charge is 0.257 e. The molecule has 0 unspecified atom stereocenters. The molecule has 1 fully saturated rings. The second-order valence-corrected chi connectivity index (χ2v) is 8.45. The first-order valence-electron chi connectivity index (χ1n) is 8.22. The Morgan fingerprint density at radius 1 is 1.04 bits per heavy atom. The van der Waals surface area contributed by atoms with Crippen LogP contribution in [0.5, 0.6) is 0 Å². The summed E-state index contributed by atoms with van der Waals surface area (Å²) in [7, 11) is -3.71. The van der Waals surface area contributed by atoms with E-state index in [4.69, 9.17) is 11.6 Å². The molecule has 0 spiro atoms. The standard InChI is InChI=1S/C18H16ClN3O5S/c1-11(23)20-12-2-4-13(5-3-12)21-18(25)15-7-6-14(10-16(15)19)22-17(24)8-9-28(22,26)27/h2-7,10H,8-9H2,1H3,(H,20,23)(H,21,25). The first kappa shape index (κ1) is 19.8. The maximum absolute atomic E-state index is 12.5. The molecule has 8 nitrogen and oxygen atoms in total. The lowest BCUT2D eigenvalue weighted by Crippen LogP contribution is -2.29. The van der Waals surface area contributed by atoms with Crippen LogP contribution in [-0.2, 0) is 19.6 Å². The average molecular weight is 422 g/mol. The molecule has 1 aliphatic heterocycles. The third-order valence-corrected chi connectivity index (χ3v) is 5.98. The van der Waals surface area contributed by atoms with Gasteiger partial charge in [-0.15, -0.1) is 0 Å². The van der Waals surface area contributed by atoms with Crippen molar-refractivity contribution < 1.29 is 22.8 Å². The number of hydrogen-bond acceptors (Lipinski definition) is 5. The lowest BCUT2D eigenvalue weighted by atomic mass is 10.1. The van der Waals surface area contributed by atoms with Gasteiger partial charge in [0.05, 0.1) is 22.0 Å². The summed E-state index contributed by atoms with van der Waals surface area (Å²) in [6.07, 6.45) is -0.0866. The number of nitrogens with one attached hydrogen (secondary N) is 2. The van der Waals surface area contributed by atoms with E-state index >= 15 is 0 Å². The van der Waals surface area contributed by atoms with E-state index in [1.54, 1.807) is 24.3 Å². The lowest BCUT2D eigenvalue weighted by molar-refractivity contribution is -0.116. The van der Waals surface area contributed by atoms with Crippen molar-refractivity contribution in [1.29, 1.82) is 0 Å². The molecule has 0 aromatic heterocycles. The van der Waals surface area contributed by atoms with Gasteiger partial charge in [-0.25, -0.2) is 12.7 Å². The molecule has 3 rings (SSSR count). The van der Waals surface area contributed by atoms with E-state index in [-0.39, 0.29) is 34.4 Å². The molecule has 1 aliphatic rings. The Hall–Kier alpha value is -2.91. The Bertz CT molecular complexity index is 1070. The van der Waals surface area contributed by atoms with Crippen molar-refractivity contribution in [3.63, 3.8) is 0 Å². The topological polar surface area (TPSA) is 113 Å². The van der Waals surface area contributed by atoms with Gasteiger partial charge in [0.2, 0.25) is 21.8 Å². The van der Waals surface area contributed by atoms with Gasteiger partial charge in [-0.2, -0.15) is 0 Å². The highest BCUT2D eigenvalue weighted by molar-refractivity contribution is 7.94. The number of amides is 3. The van der Waals surface area contributed by atoms with E-state index in [9.17, 15) is 22.8 Å². The van der Waals surface area contributed by atoms with E-state index < -0.39 is 21.8 Å². The predicted octanol–water partition coefficient (Wildman–Crippen LogP) is 2.62. The molecule has 146 valence electrons. The molecule has 1 heterocycles. The van der Waals surface area contributed by atoms with Gasteiger partial charge in [0.15, 0.2) is 0 Å². The number of carbonyl (C=O) groups is 3. The van der Waals surface area contributed by atoms with E-state index in [1.807, 2.05) is 0 Å². The largest absolute Gasteiger partial charge is 0.326 e. The number of benzene rings is 2. The van der Waals surface area contributed by atoms with E-state index in [2.05, 4.69) is 10.6 Å². The van der Waals surface area contributed by atoms with Gasteiger partial charge in [-0.1, -0.05) is 11.6 Å². The van der Waals surface area contributed by atoms with Crippen LogP contribution in [0.15, 0.2) is 42.5 Å². The molecule has 28 heavy (non-hydrogen) atoms. The molecule has 2 aromatic rings. The molecular formula is C18H16ClN3O5S. The maximum Gasteiger partial charge on any atom is 0.257 e. The second kappa shape index (κ2) is 7.61. The Kier molecular flexibility index (Phi) is 5.39. The highest BCUT2D eigenvalue weighted by Gasteiger charge is 2.36. The van der Waals surface area contributed by atoms with Crippen LogP contribution in [0, 0.1) is 0 Å². The fourth-order valence-electron chi connectivity index (χ4n) is 2.72. The van der Waals surface area contributed by atoms with Crippen molar-refractivity contribution in [2.45, 2.75) is 13.3 Å². The third-order valence-electron chi connectivity index (χ3n) is 3.97. The zero-order valence-corrected chi connectivity index (χ0v) is 16.3. The summed E-state index contributed by atoms with van der Waals surface area (Å²) >= 11 is 6.15. The van der Waals surface area contributed by atoms with E-state index in [0.29, 0.717) is 15.7 Å². The van der Waals surface area contributed by atoms with Crippen LogP contribution in [0.2, 0.25) is 5.02 Å². The summed E-state index contributed by atoms with van der Waals surface area (Å²) in [5, 5.41) is 5.29. The normalized spacial score (nSPS) is 15.4. The molecule has 10 heteroatoms. The van der Waals surface area contributed by atoms with Gasteiger partial charge in [-0.3, -0.25) is 14.4 Å². The fourth-order valence-corrected chi connectivity index (χ4v) is 4.43. The highest BCUT2D eigenvalue weighted by Crippen LogP contribution is 2.30. The number of anilines is 3. The summed E-state index contributed by atoms with van der Waals surface area (Å²) in [5.41, 5.74) is 1.30. The molecular weight excluding hydrogens is 406 g/mol. The Labute approximate surface area is 166 Å². The van der Waals surface area contributed by atoms with Crippen molar-refractivity contribution in [2.75, 3.05) is 20.7 Å². The highest BCUT2D eigenvalue weighted by atomic mass is 35.5. The lowest BCUT2D eigenvalue weighted by Gasteiger charge is -2.16. The van der Waals surface area contributed by atoms with Gasteiger partial charge in [0.1, 0.15) is 0 Å². The summed E-state index contributed by atoms with van der Waals surface area (Å²) in [6.45, 7) is 1.39. The van der Waals surface area contributed by atoms with Crippen molar-refractivity contribution in [3.05, 3.63) is 53.1 Å². The first-order chi connectivity index (χ1) is 13.2. The Balaban J connectivity index is 1.78. The van der Waals surface area contributed by atoms with E-state index in [0.717, 1.165) is 0 Å². The van der Waals surface area contributed by atoms with Crippen LogP contribution >= 0.6 is 11.6 Å². The molecule has 3 amide bonds. The average Bonchev–Trinajstić information content (AvgIpc) is 2.88. The molecule has 0 atom stereocenters. The van der Waals surface area contributed by atoms with Crippen LogP contribution in [-0.4, -0.2) is 31.9 Å².